The molecule has 0 saturated carbocycles. The van der Waals surface area contributed by atoms with Crippen LogP contribution < -0.4 is 0 Å². The summed E-state index contributed by atoms with van der Waals surface area (Å²) in [5, 5.41) is 11.3. The second kappa shape index (κ2) is 5.70. The van der Waals surface area contributed by atoms with Gasteiger partial charge in [0.1, 0.15) is 5.69 Å². The number of hydrogen-bond donors (Lipinski definition) is 2. The number of fused-ring (bicyclic) bond motifs is 1. The van der Waals surface area contributed by atoms with Crippen molar-refractivity contribution in [3.63, 3.8) is 0 Å². The SMILES string of the molecule is CC(O)C1CCN(C(=O)c2cc3ccc(Cl)cc3[nH]2)CC1. The Hall–Kier alpha value is -1.52. The second-order valence-corrected chi connectivity index (χ2v) is 6.22. The summed E-state index contributed by atoms with van der Waals surface area (Å²) in [5.74, 6) is 0.321. The Kier molecular flexibility index (Phi) is 3.91. The van der Waals surface area contributed by atoms with Crippen molar-refractivity contribution in [1.29, 1.82) is 0 Å². The topological polar surface area (TPSA) is 56.3 Å². The van der Waals surface area contributed by atoms with Crippen molar-refractivity contribution in [3.05, 3.63) is 35.0 Å². The maximum atomic E-state index is 12.5. The third kappa shape index (κ3) is 2.92. The number of aliphatic hydroxyl groups is 1. The lowest BCUT2D eigenvalue weighted by molar-refractivity contribution is 0.0518. The average Bonchev–Trinajstić information content (AvgIpc) is 2.89. The molecule has 2 aromatic rings. The van der Waals surface area contributed by atoms with Crippen LogP contribution >= 0.6 is 11.6 Å². The summed E-state index contributed by atoms with van der Waals surface area (Å²) in [5.41, 5.74) is 1.48. The molecule has 1 aromatic carbocycles. The number of carbonyl (C=O) groups excluding carboxylic acids is 1. The first kappa shape index (κ1) is 14.4. The van der Waals surface area contributed by atoms with Crippen molar-refractivity contribution in [2.45, 2.75) is 25.9 Å². The molecule has 1 aliphatic rings. The number of halogens is 1. The third-order valence-corrected chi connectivity index (χ3v) is 4.56. The number of aromatic amines is 1. The van der Waals surface area contributed by atoms with E-state index >= 15 is 0 Å². The quantitative estimate of drug-likeness (QED) is 0.896. The van der Waals surface area contributed by atoms with Crippen LogP contribution in [0.15, 0.2) is 24.3 Å². The standard InChI is InChI=1S/C16H19ClN2O2/c1-10(20)11-4-6-19(7-5-11)16(21)15-8-12-2-3-13(17)9-14(12)18-15/h2-3,8-11,18,20H,4-7H2,1H3. The number of aromatic nitrogens is 1. The Labute approximate surface area is 128 Å². The molecule has 1 aliphatic heterocycles. The largest absolute Gasteiger partial charge is 0.393 e. The molecule has 1 amide bonds. The van der Waals surface area contributed by atoms with Gasteiger partial charge >= 0.3 is 0 Å². The summed E-state index contributed by atoms with van der Waals surface area (Å²) in [7, 11) is 0. The van der Waals surface area contributed by atoms with Gasteiger partial charge in [-0.25, -0.2) is 0 Å². The van der Waals surface area contributed by atoms with E-state index in [-0.39, 0.29) is 12.0 Å². The molecule has 2 N–H and O–H groups in total. The molecule has 0 aliphatic carbocycles. The van der Waals surface area contributed by atoms with E-state index in [4.69, 9.17) is 11.6 Å². The number of H-pyrrole nitrogens is 1. The van der Waals surface area contributed by atoms with E-state index < -0.39 is 0 Å². The molecule has 5 heteroatoms. The van der Waals surface area contributed by atoms with Gasteiger partial charge in [0.05, 0.1) is 6.10 Å². The van der Waals surface area contributed by atoms with Crippen molar-refractivity contribution >= 4 is 28.4 Å². The van der Waals surface area contributed by atoms with Crippen LogP contribution in [0.2, 0.25) is 5.02 Å². The lowest BCUT2D eigenvalue weighted by atomic mass is 9.92. The zero-order valence-corrected chi connectivity index (χ0v) is 12.7. The fourth-order valence-electron chi connectivity index (χ4n) is 2.97. The number of carbonyl (C=O) groups is 1. The predicted octanol–water partition coefficient (Wildman–Crippen LogP) is 3.05. The van der Waals surface area contributed by atoms with E-state index in [1.165, 1.54) is 0 Å². The van der Waals surface area contributed by atoms with Crippen molar-refractivity contribution in [2.24, 2.45) is 5.92 Å². The van der Waals surface area contributed by atoms with Gasteiger partial charge in [-0.2, -0.15) is 0 Å². The molecular formula is C16H19ClN2O2. The highest BCUT2D eigenvalue weighted by Crippen LogP contribution is 2.24. The zero-order valence-electron chi connectivity index (χ0n) is 12.0. The van der Waals surface area contributed by atoms with Crippen LogP contribution in [0.4, 0.5) is 0 Å². The number of nitrogens with zero attached hydrogens (tertiary/aromatic N) is 1. The molecule has 1 aromatic heterocycles. The number of benzene rings is 1. The van der Waals surface area contributed by atoms with Crippen LogP contribution in [0.25, 0.3) is 10.9 Å². The summed E-state index contributed by atoms with van der Waals surface area (Å²) >= 11 is 5.96. The number of likely N-dealkylation sites (tertiary alicyclic amines) is 1. The monoisotopic (exact) mass is 306 g/mol. The van der Waals surface area contributed by atoms with Gasteiger partial charge in [-0.05, 0) is 43.9 Å². The zero-order chi connectivity index (χ0) is 15.0. The number of amides is 1. The maximum absolute atomic E-state index is 12.5. The van der Waals surface area contributed by atoms with Gasteiger partial charge in [-0.15, -0.1) is 0 Å². The Morgan fingerprint density at radius 3 is 2.76 bits per heavy atom. The number of piperidine rings is 1. The van der Waals surface area contributed by atoms with Crippen molar-refractivity contribution in [3.8, 4) is 0 Å². The minimum absolute atomic E-state index is 0.0198. The molecule has 4 nitrogen and oxygen atoms in total. The molecule has 1 fully saturated rings. The summed E-state index contributed by atoms with van der Waals surface area (Å²) in [6.07, 6.45) is 1.42. The van der Waals surface area contributed by atoms with Gasteiger partial charge in [-0.3, -0.25) is 4.79 Å². The molecule has 2 heterocycles. The van der Waals surface area contributed by atoms with Gasteiger partial charge in [0.25, 0.3) is 5.91 Å². The molecule has 0 bridgehead atoms. The van der Waals surface area contributed by atoms with Crippen LogP contribution in [0.1, 0.15) is 30.3 Å². The van der Waals surface area contributed by atoms with Gasteiger partial charge in [0.2, 0.25) is 0 Å². The molecule has 0 radical (unpaired) electrons. The lowest BCUT2D eigenvalue weighted by Gasteiger charge is -2.33. The van der Waals surface area contributed by atoms with Crippen LogP contribution in [0.3, 0.4) is 0 Å². The minimum Gasteiger partial charge on any atom is -0.393 e. The Balaban J connectivity index is 1.75. The molecule has 0 spiro atoms. The number of rotatable bonds is 2. The van der Waals surface area contributed by atoms with Crippen LogP contribution in [0.5, 0.6) is 0 Å². The number of nitrogens with one attached hydrogen (secondary N) is 1. The molecule has 3 rings (SSSR count). The first-order valence-corrected chi connectivity index (χ1v) is 7.68. The number of hydrogen-bond acceptors (Lipinski definition) is 2. The highest BCUT2D eigenvalue weighted by molar-refractivity contribution is 6.31. The van der Waals surface area contributed by atoms with E-state index in [9.17, 15) is 9.90 Å². The fourth-order valence-corrected chi connectivity index (χ4v) is 3.14. The molecule has 112 valence electrons. The first-order valence-electron chi connectivity index (χ1n) is 7.30. The molecule has 1 saturated heterocycles. The van der Waals surface area contributed by atoms with E-state index in [2.05, 4.69) is 4.98 Å². The fraction of sp³-hybridized carbons (Fsp3) is 0.438. The van der Waals surface area contributed by atoms with Gasteiger partial charge < -0.3 is 15.0 Å². The second-order valence-electron chi connectivity index (χ2n) is 5.78. The highest BCUT2D eigenvalue weighted by atomic mass is 35.5. The normalized spacial score (nSPS) is 18.1. The summed E-state index contributed by atoms with van der Waals surface area (Å²) < 4.78 is 0. The molecule has 1 atom stereocenters. The third-order valence-electron chi connectivity index (χ3n) is 4.32. The van der Waals surface area contributed by atoms with Gasteiger partial charge in [-0.1, -0.05) is 17.7 Å². The predicted molar refractivity (Wildman–Crippen MR) is 83.6 cm³/mol. The van der Waals surface area contributed by atoms with Crippen molar-refractivity contribution in [1.82, 2.24) is 9.88 Å². The minimum atomic E-state index is -0.294. The lowest BCUT2D eigenvalue weighted by Crippen LogP contribution is -2.40. The van der Waals surface area contributed by atoms with Gasteiger partial charge in [0.15, 0.2) is 0 Å². The van der Waals surface area contributed by atoms with Crippen LogP contribution in [-0.2, 0) is 0 Å². The Bertz CT molecular complexity index is 657. The molecule has 1 unspecified atom stereocenters. The van der Waals surface area contributed by atoms with Crippen molar-refractivity contribution < 1.29 is 9.90 Å². The number of aliphatic hydroxyl groups excluding tert-OH is 1. The van der Waals surface area contributed by atoms with E-state index in [0.717, 1.165) is 23.7 Å². The molecular weight excluding hydrogens is 288 g/mol. The molecule has 21 heavy (non-hydrogen) atoms. The van der Waals surface area contributed by atoms with Crippen LogP contribution in [-0.4, -0.2) is 40.1 Å². The van der Waals surface area contributed by atoms with E-state index in [1.54, 1.807) is 0 Å². The highest BCUT2D eigenvalue weighted by Gasteiger charge is 2.26. The maximum Gasteiger partial charge on any atom is 0.270 e. The summed E-state index contributed by atoms with van der Waals surface area (Å²) in [4.78, 5) is 17.5. The Morgan fingerprint density at radius 1 is 1.38 bits per heavy atom. The van der Waals surface area contributed by atoms with E-state index in [1.807, 2.05) is 36.1 Å². The average molecular weight is 307 g/mol. The summed E-state index contributed by atoms with van der Waals surface area (Å²) in [6, 6.07) is 7.42. The van der Waals surface area contributed by atoms with Crippen molar-refractivity contribution in [2.75, 3.05) is 13.1 Å². The smallest absolute Gasteiger partial charge is 0.270 e. The Morgan fingerprint density at radius 2 is 2.10 bits per heavy atom. The van der Waals surface area contributed by atoms with Crippen LogP contribution in [0, 0.1) is 5.92 Å². The van der Waals surface area contributed by atoms with Gasteiger partial charge in [0, 0.05) is 29.0 Å². The summed E-state index contributed by atoms with van der Waals surface area (Å²) in [6.45, 7) is 3.22. The van der Waals surface area contributed by atoms with E-state index in [0.29, 0.717) is 29.7 Å². The first-order chi connectivity index (χ1) is 10.0.